The zero-order valence-electron chi connectivity index (χ0n) is 7.66. The molecule has 3 rings (SSSR count). The average Bonchev–Trinajstić information content (AvgIpc) is 2.82. The van der Waals surface area contributed by atoms with E-state index >= 15 is 0 Å². The molecular weight excluding hydrogens is 194 g/mol. The summed E-state index contributed by atoms with van der Waals surface area (Å²) in [4.78, 5) is 7.65. The van der Waals surface area contributed by atoms with Crippen molar-refractivity contribution in [2.24, 2.45) is 0 Å². The summed E-state index contributed by atoms with van der Waals surface area (Å²) in [5.41, 5.74) is 2.23. The summed E-state index contributed by atoms with van der Waals surface area (Å²) in [6, 6.07) is 6.21. The van der Waals surface area contributed by atoms with Crippen molar-refractivity contribution in [1.29, 1.82) is 0 Å². The summed E-state index contributed by atoms with van der Waals surface area (Å²) in [5.74, 6) is 0. The van der Waals surface area contributed by atoms with Crippen molar-refractivity contribution in [1.82, 2.24) is 9.97 Å². The van der Waals surface area contributed by atoms with Gasteiger partial charge in [-0.1, -0.05) is 11.3 Å². The van der Waals surface area contributed by atoms with Crippen molar-refractivity contribution in [3.63, 3.8) is 0 Å². The maximum absolute atomic E-state index is 4.45. The highest BCUT2D eigenvalue weighted by atomic mass is 32.1. The van der Waals surface area contributed by atoms with Gasteiger partial charge in [0.25, 0.3) is 0 Å². The summed E-state index contributed by atoms with van der Waals surface area (Å²) < 4.78 is 1.24. The first-order valence-electron chi connectivity index (χ1n) is 4.43. The van der Waals surface area contributed by atoms with Gasteiger partial charge in [0.2, 0.25) is 0 Å². The van der Waals surface area contributed by atoms with Gasteiger partial charge >= 0.3 is 0 Å². The van der Waals surface area contributed by atoms with Gasteiger partial charge in [-0.2, -0.15) is 0 Å². The molecule has 0 atom stereocenters. The highest BCUT2D eigenvalue weighted by molar-refractivity contribution is 7.23. The van der Waals surface area contributed by atoms with Crippen LogP contribution in [-0.4, -0.2) is 17.0 Å². The van der Waals surface area contributed by atoms with E-state index in [1.54, 1.807) is 11.3 Å². The normalized spacial score (nSPS) is 11.2. The second-order valence-corrected chi connectivity index (χ2v) is 4.12. The molecule has 2 aromatic heterocycles. The highest BCUT2D eigenvalue weighted by Crippen LogP contribution is 2.31. The second-order valence-electron chi connectivity index (χ2n) is 3.12. The van der Waals surface area contributed by atoms with Gasteiger partial charge in [0.15, 0.2) is 5.13 Å². The molecule has 1 aromatic carbocycles. The Labute approximate surface area is 84.8 Å². The largest absolute Gasteiger partial charge is 0.365 e. The Hall–Kier alpha value is -1.55. The van der Waals surface area contributed by atoms with Crippen LogP contribution in [0.3, 0.4) is 0 Å². The molecule has 0 radical (unpaired) electrons. The van der Waals surface area contributed by atoms with Crippen molar-refractivity contribution in [2.75, 3.05) is 12.4 Å². The second kappa shape index (κ2) is 2.72. The van der Waals surface area contributed by atoms with E-state index in [-0.39, 0.29) is 0 Å². The quantitative estimate of drug-likeness (QED) is 0.638. The van der Waals surface area contributed by atoms with E-state index in [0.717, 1.165) is 10.6 Å². The van der Waals surface area contributed by atoms with E-state index in [9.17, 15) is 0 Å². The molecule has 2 N–H and O–H groups in total. The smallest absolute Gasteiger partial charge is 0.183 e. The third-order valence-corrected chi connectivity index (χ3v) is 3.42. The van der Waals surface area contributed by atoms with Crippen molar-refractivity contribution in [3.05, 3.63) is 24.4 Å². The molecule has 0 saturated carbocycles. The number of nitrogens with one attached hydrogen (secondary N) is 2. The van der Waals surface area contributed by atoms with Gasteiger partial charge in [-0.25, -0.2) is 4.98 Å². The number of hydrogen-bond donors (Lipinski definition) is 2. The summed E-state index contributed by atoms with van der Waals surface area (Å²) >= 11 is 1.69. The topological polar surface area (TPSA) is 40.7 Å². The Balaban J connectivity index is 2.49. The molecule has 0 aliphatic heterocycles. The zero-order chi connectivity index (χ0) is 9.54. The molecule has 70 valence electrons. The lowest BCUT2D eigenvalue weighted by Crippen LogP contribution is -1.83. The number of rotatable bonds is 1. The van der Waals surface area contributed by atoms with Gasteiger partial charge in [-0.15, -0.1) is 0 Å². The Kier molecular flexibility index (Phi) is 1.52. The molecule has 3 aromatic rings. The number of aromatic nitrogens is 2. The first kappa shape index (κ1) is 7.82. The van der Waals surface area contributed by atoms with Gasteiger partial charge in [0.1, 0.15) is 0 Å². The number of nitrogens with zero attached hydrogens (tertiary/aromatic N) is 1. The van der Waals surface area contributed by atoms with E-state index in [0.29, 0.717) is 0 Å². The van der Waals surface area contributed by atoms with Crippen molar-refractivity contribution in [3.8, 4) is 0 Å². The van der Waals surface area contributed by atoms with Crippen LogP contribution >= 0.6 is 11.3 Å². The van der Waals surface area contributed by atoms with Gasteiger partial charge in [-0.3, -0.25) is 0 Å². The predicted molar refractivity (Wildman–Crippen MR) is 61.0 cm³/mol. The maximum Gasteiger partial charge on any atom is 0.183 e. The van der Waals surface area contributed by atoms with Crippen molar-refractivity contribution in [2.45, 2.75) is 0 Å². The van der Waals surface area contributed by atoms with Gasteiger partial charge in [0, 0.05) is 24.1 Å². The Morgan fingerprint density at radius 2 is 2.29 bits per heavy atom. The zero-order valence-corrected chi connectivity index (χ0v) is 8.48. The molecule has 4 heteroatoms. The van der Waals surface area contributed by atoms with Crippen LogP contribution in [0.15, 0.2) is 24.4 Å². The summed E-state index contributed by atoms with van der Waals surface area (Å²) in [5, 5.41) is 5.29. The lowest BCUT2D eigenvalue weighted by molar-refractivity contribution is 1.41. The fourth-order valence-electron chi connectivity index (χ4n) is 1.63. The summed E-state index contributed by atoms with van der Waals surface area (Å²) in [6.07, 6.45) is 1.96. The van der Waals surface area contributed by atoms with E-state index in [1.165, 1.54) is 15.6 Å². The number of aromatic amines is 1. The number of benzene rings is 1. The lowest BCUT2D eigenvalue weighted by atomic mass is 10.2. The van der Waals surface area contributed by atoms with E-state index in [2.05, 4.69) is 27.4 Å². The molecular formula is C10H9N3S. The molecule has 0 fully saturated rings. The van der Waals surface area contributed by atoms with E-state index in [4.69, 9.17) is 0 Å². The van der Waals surface area contributed by atoms with Crippen LogP contribution < -0.4 is 5.32 Å². The first-order valence-corrected chi connectivity index (χ1v) is 5.24. The van der Waals surface area contributed by atoms with Crippen LogP contribution in [0.1, 0.15) is 0 Å². The van der Waals surface area contributed by atoms with Crippen LogP contribution in [0.2, 0.25) is 0 Å². The van der Waals surface area contributed by atoms with Crippen LogP contribution in [0.5, 0.6) is 0 Å². The van der Waals surface area contributed by atoms with Gasteiger partial charge in [0.05, 0.1) is 10.2 Å². The molecule has 0 bridgehead atoms. The number of hydrogen-bond acceptors (Lipinski definition) is 3. The number of H-pyrrole nitrogens is 1. The standard InChI is InChI=1S/C10H9N3S/c1-11-10-13-8-3-2-7-6(4-5-12-7)9(8)14-10/h2-5,12H,1H3,(H,11,13). The predicted octanol–water partition coefficient (Wildman–Crippen LogP) is 2.82. The summed E-state index contributed by atoms with van der Waals surface area (Å²) in [7, 11) is 1.89. The van der Waals surface area contributed by atoms with Gasteiger partial charge in [-0.05, 0) is 18.2 Å². The number of fused-ring (bicyclic) bond motifs is 3. The third-order valence-electron chi connectivity index (χ3n) is 2.30. The molecule has 3 nitrogen and oxygen atoms in total. The monoisotopic (exact) mass is 203 g/mol. The first-order chi connectivity index (χ1) is 6.88. The maximum atomic E-state index is 4.45. The Bertz CT molecular complexity index is 593. The van der Waals surface area contributed by atoms with Crippen molar-refractivity contribution >= 4 is 37.6 Å². The fraction of sp³-hybridized carbons (Fsp3) is 0.100. The SMILES string of the molecule is CNc1nc2ccc3[nH]ccc3c2s1. The summed E-state index contributed by atoms with van der Waals surface area (Å²) in [6.45, 7) is 0. The molecule has 0 amide bonds. The molecule has 0 aliphatic rings. The number of anilines is 1. The van der Waals surface area contributed by atoms with Crippen molar-refractivity contribution < 1.29 is 0 Å². The molecule has 0 spiro atoms. The minimum Gasteiger partial charge on any atom is -0.365 e. The molecule has 0 unspecified atom stereocenters. The molecule has 14 heavy (non-hydrogen) atoms. The van der Waals surface area contributed by atoms with Gasteiger partial charge < -0.3 is 10.3 Å². The van der Waals surface area contributed by atoms with E-state index in [1.807, 2.05) is 19.3 Å². The van der Waals surface area contributed by atoms with E-state index < -0.39 is 0 Å². The minimum absolute atomic E-state index is 0.966. The highest BCUT2D eigenvalue weighted by Gasteiger charge is 2.06. The fourth-order valence-corrected chi connectivity index (χ4v) is 2.57. The van der Waals surface area contributed by atoms with Crippen LogP contribution in [-0.2, 0) is 0 Å². The van der Waals surface area contributed by atoms with Crippen LogP contribution in [0, 0.1) is 0 Å². The van der Waals surface area contributed by atoms with Crippen LogP contribution in [0.4, 0.5) is 5.13 Å². The average molecular weight is 203 g/mol. The third kappa shape index (κ3) is 0.943. The molecule has 0 aliphatic carbocycles. The molecule has 0 saturated heterocycles. The lowest BCUT2D eigenvalue weighted by Gasteiger charge is -1.89. The number of thiazole rings is 1. The Morgan fingerprint density at radius 1 is 1.36 bits per heavy atom. The Morgan fingerprint density at radius 3 is 3.14 bits per heavy atom. The van der Waals surface area contributed by atoms with Crippen LogP contribution in [0.25, 0.3) is 21.1 Å². The molecule has 2 heterocycles. The minimum atomic E-state index is 0.966.